The van der Waals surface area contributed by atoms with Crippen LogP contribution in [0.1, 0.15) is 65.7 Å². The third kappa shape index (κ3) is 2.47. The second-order valence-electron chi connectivity index (χ2n) is 7.75. The minimum absolute atomic E-state index is 0.327. The number of nitrogens with one attached hydrogen (secondary N) is 1. The Morgan fingerprint density at radius 2 is 1.79 bits per heavy atom. The molecular weight excluding hydrogens is 234 g/mol. The predicted molar refractivity (Wildman–Crippen MR) is 79.2 cm³/mol. The molecule has 4 atom stereocenters. The molecular formula is C17H31NO. The summed E-state index contributed by atoms with van der Waals surface area (Å²) in [5.41, 5.74) is 0.327. The Morgan fingerprint density at radius 3 is 2.53 bits per heavy atom. The quantitative estimate of drug-likeness (QED) is 0.839. The SMILES string of the molecule is C[C@H](NC1C2CCCOC2C1(C)C)C1CCCCC1. The smallest absolute Gasteiger partial charge is 0.0684 e. The third-order valence-electron chi connectivity index (χ3n) is 6.13. The standard InChI is InChI=1S/C17H31NO/c1-12(13-8-5-4-6-9-13)18-15-14-10-7-11-19-16(14)17(15,2)3/h12-16,18H,4-11H2,1-3H3/t12-,14?,15?,16?/m0/s1. The lowest BCUT2D eigenvalue weighted by Gasteiger charge is -2.61. The van der Waals surface area contributed by atoms with Crippen molar-refractivity contribution in [2.45, 2.75) is 83.9 Å². The van der Waals surface area contributed by atoms with Gasteiger partial charge in [-0.2, -0.15) is 0 Å². The average Bonchev–Trinajstić information content (AvgIpc) is 2.45. The van der Waals surface area contributed by atoms with Gasteiger partial charge in [-0.05, 0) is 38.5 Å². The summed E-state index contributed by atoms with van der Waals surface area (Å²) in [7, 11) is 0. The fraction of sp³-hybridized carbons (Fsp3) is 1.00. The number of ether oxygens (including phenoxy) is 1. The lowest BCUT2D eigenvalue weighted by atomic mass is 9.55. The van der Waals surface area contributed by atoms with Crippen LogP contribution in [-0.2, 0) is 4.74 Å². The Labute approximate surface area is 118 Å². The van der Waals surface area contributed by atoms with Gasteiger partial charge in [-0.1, -0.05) is 33.1 Å². The van der Waals surface area contributed by atoms with Crippen molar-refractivity contribution in [3.63, 3.8) is 0 Å². The van der Waals surface area contributed by atoms with Gasteiger partial charge in [0.05, 0.1) is 6.10 Å². The molecule has 2 saturated carbocycles. The van der Waals surface area contributed by atoms with E-state index in [1.807, 2.05) is 0 Å². The minimum Gasteiger partial charge on any atom is -0.377 e. The van der Waals surface area contributed by atoms with Crippen LogP contribution >= 0.6 is 0 Å². The summed E-state index contributed by atoms with van der Waals surface area (Å²) in [5, 5.41) is 4.00. The van der Waals surface area contributed by atoms with E-state index in [2.05, 4.69) is 26.1 Å². The van der Waals surface area contributed by atoms with Crippen molar-refractivity contribution in [3.8, 4) is 0 Å². The first kappa shape index (κ1) is 13.9. The zero-order valence-corrected chi connectivity index (χ0v) is 13.0. The van der Waals surface area contributed by atoms with E-state index in [9.17, 15) is 0 Å². The number of fused-ring (bicyclic) bond motifs is 1. The first-order valence-corrected chi connectivity index (χ1v) is 8.48. The Hall–Kier alpha value is -0.0800. The molecule has 1 heterocycles. The van der Waals surface area contributed by atoms with Crippen molar-refractivity contribution in [2.75, 3.05) is 6.61 Å². The van der Waals surface area contributed by atoms with Crippen LogP contribution in [0.5, 0.6) is 0 Å². The van der Waals surface area contributed by atoms with E-state index in [0.29, 0.717) is 23.6 Å². The fourth-order valence-electron chi connectivity index (χ4n) is 4.91. The molecule has 1 saturated heterocycles. The van der Waals surface area contributed by atoms with Gasteiger partial charge in [0.15, 0.2) is 0 Å². The Bertz CT molecular complexity index is 308. The summed E-state index contributed by atoms with van der Waals surface area (Å²) in [5.74, 6) is 1.68. The molecule has 0 spiro atoms. The molecule has 2 heteroatoms. The molecule has 0 amide bonds. The summed E-state index contributed by atoms with van der Waals surface area (Å²) in [6, 6.07) is 1.36. The monoisotopic (exact) mass is 265 g/mol. The van der Waals surface area contributed by atoms with E-state index in [0.717, 1.165) is 18.4 Å². The highest BCUT2D eigenvalue weighted by Crippen LogP contribution is 2.51. The molecule has 1 aliphatic heterocycles. The number of rotatable bonds is 3. The highest BCUT2D eigenvalue weighted by Gasteiger charge is 2.58. The van der Waals surface area contributed by atoms with Crippen LogP contribution < -0.4 is 5.32 Å². The van der Waals surface area contributed by atoms with Crippen molar-refractivity contribution in [1.82, 2.24) is 5.32 Å². The summed E-state index contributed by atoms with van der Waals surface area (Å²) < 4.78 is 6.01. The first-order chi connectivity index (χ1) is 9.10. The molecule has 3 rings (SSSR count). The second kappa shape index (κ2) is 5.37. The van der Waals surface area contributed by atoms with Gasteiger partial charge in [-0.25, -0.2) is 0 Å². The molecule has 110 valence electrons. The van der Waals surface area contributed by atoms with Gasteiger partial charge >= 0.3 is 0 Å². The zero-order chi connectivity index (χ0) is 13.5. The molecule has 2 aliphatic carbocycles. The lowest BCUT2D eigenvalue weighted by Crippen LogP contribution is -2.70. The van der Waals surface area contributed by atoms with Crippen LogP contribution in [0.4, 0.5) is 0 Å². The van der Waals surface area contributed by atoms with Gasteiger partial charge < -0.3 is 10.1 Å². The van der Waals surface area contributed by atoms with Crippen LogP contribution in [0.15, 0.2) is 0 Å². The summed E-state index contributed by atoms with van der Waals surface area (Å²) in [6.07, 6.45) is 10.3. The van der Waals surface area contributed by atoms with Crippen LogP contribution in [0, 0.1) is 17.3 Å². The number of hydrogen-bond donors (Lipinski definition) is 1. The third-order valence-corrected chi connectivity index (χ3v) is 6.13. The summed E-state index contributed by atoms with van der Waals surface area (Å²) >= 11 is 0. The van der Waals surface area contributed by atoms with Crippen LogP contribution in [0.25, 0.3) is 0 Å². The maximum absolute atomic E-state index is 6.01. The Balaban J connectivity index is 1.59. The van der Waals surface area contributed by atoms with E-state index < -0.39 is 0 Å². The van der Waals surface area contributed by atoms with Crippen molar-refractivity contribution < 1.29 is 4.74 Å². The second-order valence-corrected chi connectivity index (χ2v) is 7.75. The minimum atomic E-state index is 0.327. The molecule has 1 N–H and O–H groups in total. The van der Waals surface area contributed by atoms with Gasteiger partial charge in [-0.3, -0.25) is 0 Å². The van der Waals surface area contributed by atoms with Crippen LogP contribution in [-0.4, -0.2) is 24.8 Å². The highest BCUT2D eigenvalue weighted by molar-refractivity contribution is 5.10. The van der Waals surface area contributed by atoms with E-state index in [-0.39, 0.29) is 0 Å². The molecule has 3 unspecified atom stereocenters. The summed E-state index contributed by atoms with van der Waals surface area (Å²) in [4.78, 5) is 0. The van der Waals surface area contributed by atoms with Gasteiger partial charge in [0.25, 0.3) is 0 Å². The fourth-order valence-corrected chi connectivity index (χ4v) is 4.91. The molecule has 0 aromatic rings. The Morgan fingerprint density at radius 1 is 1.05 bits per heavy atom. The van der Waals surface area contributed by atoms with Gasteiger partial charge in [0.2, 0.25) is 0 Å². The lowest BCUT2D eigenvalue weighted by molar-refractivity contribution is -0.195. The molecule has 3 aliphatic rings. The van der Waals surface area contributed by atoms with Crippen molar-refractivity contribution in [3.05, 3.63) is 0 Å². The van der Waals surface area contributed by atoms with Crippen molar-refractivity contribution in [2.24, 2.45) is 17.3 Å². The van der Waals surface area contributed by atoms with E-state index >= 15 is 0 Å². The predicted octanol–water partition coefficient (Wildman–Crippen LogP) is 3.75. The zero-order valence-electron chi connectivity index (χ0n) is 13.0. The summed E-state index contributed by atoms with van der Waals surface area (Å²) in [6.45, 7) is 8.19. The maximum atomic E-state index is 6.01. The largest absolute Gasteiger partial charge is 0.377 e. The average molecular weight is 265 g/mol. The van der Waals surface area contributed by atoms with Crippen molar-refractivity contribution in [1.29, 1.82) is 0 Å². The maximum Gasteiger partial charge on any atom is 0.0684 e. The molecule has 2 nitrogen and oxygen atoms in total. The number of hydrogen-bond acceptors (Lipinski definition) is 2. The molecule has 3 fully saturated rings. The van der Waals surface area contributed by atoms with Gasteiger partial charge in [-0.15, -0.1) is 0 Å². The molecule has 0 bridgehead atoms. The van der Waals surface area contributed by atoms with E-state index in [1.54, 1.807) is 0 Å². The van der Waals surface area contributed by atoms with Gasteiger partial charge in [0.1, 0.15) is 0 Å². The molecule has 0 aromatic carbocycles. The Kier molecular flexibility index (Phi) is 3.92. The molecule has 19 heavy (non-hydrogen) atoms. The first-order valence-electron chi connectivity index (χ1n) is 8.48. The van der Waals surface area contributed by atoms with Gasteiger partial charge in [0, 0.05) is 30.0 Å². The molecule has 0 radical (unpaired) electrons. The van der Waals surface area contributed by atoms with Crippen LogP contribution in [0.3, 0.4) is 0 Å². The topological polar surface area (TPSA) is 21.3 Å². The van der Waals surface area contributed by atoms with Crippen molar-refractivity contribution >= 4 is 0 Å². The van der Waals surface area contributed by atoms with E-state index in [4.69, 9.17) is 4.74 Å². The highest BCUT2D eigenvalue weighted by atomic mass is 16.5. The van der Waals surface area contributed by atoms with E-state index in [1.165, 1.54) is 44.9 Å². The van der Waals surface area contributed by atoms with Crippen LogP contribution in [0.2, 0.25) is 0 Å². The molecule has 0 aromatic heterocycles. The normalized spacial score (nSPS) is 40.3.